The first-order valence-corrected chi connectivity index (χ1v) is 6.36. The van der Waals surface area contributed by atoms with Gasteiger partial charge in [0.25, 0.3) is 0 Å². The quantitative estimate of drug-likeness (QED) is 0.576. The molecule has 0 saturated carbocycles. The smallest absolute Gasteiger partial charge is 0.196 e. The molecule has 0 saturated heterocycles. The van der Waals surface area contributed by atoms with Gasteiger partial charge in [-0.25, -0.2) is 0 Å². The fourth-order valence-electron chi connectivity index (χ4n) is 1.75. The molecule has 74 valence electrons. The zero-order chi connectivity index (χ0) is 10.4. The lowest BCUT2D eigenvalue weighted by Crippen LogP contribution is -1.99. The van der Waals surface area contributed by atoms with Crippen molar-refractivity contribution in [3.8, 4) is 0 Å². The first kappa shape index (κ1) is 9.07. The van der Waals surface area contributed by atoms with E-state index in [0.29, 0.717) is 0 Å². The Bertz CT molecular complexity index is 706. The normalized spacial score (nSPS) is 11.3. The maximum Gasteiger partial charge on any atom is 0.196 e. The molecule has 0 aliphatic heterocycles. The molecule has 0 spiro atoms. The van der Waals surface area contributed by atoms with E-state index in [-0.39, 0.29) is 5.43 Å². The monoisotopic (exact) mass is 232 g/mol. The minimum atomic E-state index is 0.170. The maximum atomic E-state index is 12.1. The van der Waals surface area contributed by atoms with Gasteiger partial charge in [-0.2, -0.15) is 0 Å². The van der Waals surface area contributed by atoms with Crippen LogP contribution in [0.3, 0.4) is 0 Å². The lowest BCUT2D eigenvalue weighted by molar-refractivity contribution is 1.55. The highest BCUT2D eigenvalue weighted by Gasteiger charge is 2.07. The Kier molecular flexibility index (Phi) is 1.90. The van der Waals surface area contributed by atoms with Crippen molar-refractivity contribution in [2.75, 3.05) is 0 Å². The van der Waals surface area contributed by atoms with E-state index in [1.807, 2.05) is 23.6 Å². The van der Waals surface area contributed by atoms with Crippen LogP contribution < -0.4 is 5.43 Å². The molecule has 0 atom stereocenters. The van der Waals surface area contributed by atoms with Crippen LogP contribution in [0.15, 0.2) is 34.4 Å². The van der Waals surface area contributed by atoms with Gasteiger partial charge in [-0.05, 0) is 30.0 Å². The van der Waals surface area contributed by atoms with Crippen LogP contribution in [0, 0.1) is 6.92 Å². The molecule has 15 heavy (non-hydrogen) atoms. The number of aryl methyl sites for hydroxylation is 1. The molecule has 0 fully saturated rings. The van der Waals surface area contributed by atoms with Gasteiger partial charge in [0.05, 0.1) is 9.40 Å². The van der Waals surface area contributed by atoms with E-state index >= 15 is 0 Å². The second-order valence-corrected chi connectivity index (χ2v) is 5.70. The molecule has 1 nitrogen and oxygen atoms in total. The van der Waals surface area contributed by atoms with E-state index in [4.69, 9.17) is 0 Å². The SMILES string of the molecule is Cc1cccc2c(=O)c3ccsc3sc12. The molecule has 0 bridgehead atoms. The fourth-order valence-corrected chi connectivity index (χ4v) is 3.93. The Balaban J connectivity index is 2.70. The van der Waals surface area contributed by atoms with Crippen molar-refractivity contribution in [2.45, 2.75) is 6.92 Å². The van der Waals surface area contributed by atoms with Gasteiger partial charge in [0.1, 0.15) is 0 Å². The van der Waals surface area contributed by atoms with Crippen LogP contribution in [0.25, 0.3) is 19.5 Å². The summed E-state index contributed by atoms with van der Waals surface area (Å²) in [6.07, 6.45) is 0. The molecular weight excluding hydrogens is 224 g/mol. The van der Waals surface area contributed by atoms with Crippen LogP contribution >= 0.6 is 22.7 Å². The van der Waals surface area contributed by atoms with Crippen LogP contribution in [-0.4, -0.2) is 0 Å². The molecule has 2 aromatic heterocycles. The minimum Gasteiger partial charge on any atom is -0.288 e. The standard InChI is InChI=1S/C12H8OS2/c1-7-3-2-4-8-10(13)9-5-6-14-12(9)15-11(7)8/h2-6H,1H3. The minimum absolute atomic E-state index is 0.170. The van der Waals surface area contributed by atoms with Crippen LogP contribution in [0.5, 0.6) is 0 Å². The molecule has 3 aromatic rings. The molecule has 3 rings (SSSR count). The summed E-state index contributed by atoms with van der Waals surface area (Å²) in [5.74, 6) is 0. The number of benzene rings is 1. The lowest BCUT2D eigenvalue weighted by atomic mass is 10.1. The maximum absolute atomic E-state index is 12.1. The Morgan fingerprint density at radius 2 is 2.00 bits per heavy atom. The molecule has 0 aliphatic rings. The number of thiophene rings is 1. The highest BCUT2D eigenvalue weighted by Crippen LogP contribution is 2.30. The zero-order valence-corrected chi connectivity index (χ0v) is 9.74. The highest BCUT2D eigenvalue weighted by molar-refractivity contribution is 7.40. The number of fused-ring (bicyclic) bond motifs is 2. The Morgan fingerprint density at radius 1 is 1.13 bits per heavy atom. The number of hydrogen-bond donors (Lipinski definition) is 0. The van der Waals surface area contributed by atoms with Gasteiger partial charge in [0, 0.05) is 10.1 Å². The van der Waals surface area contributed by atoms with Crippen molar-refractivity contribution in [3.05, 3.63) is 45.4 Å². The van der Waals surface area contributed by atoms with Crippen LogP contribution in [-0.2, 0) is 0 Å². The van der Waals surface area contributed by atoms with Crippen LogP contribution in [0.1, 0.15) is 5.56 Å². The summed E-state index contributed by atoms with van der Waals surface area (Å²) in [5, 5.41) is 3.70. The van der Waals surface area contributed by atoms with Crippen molar-refractivity contribution in [1.82, 2.24) is 0 Å². The molecule has 0 radical (unpaired) electrons. The third kappa shape index (κ3) is 1.24. The van der Waals surface area contributed by atoms with E-state index in [1.165, 1.54) is 5.56 Å². The summed E-state index contributed by atoms with van der Waals surface area (Å²) >= 11 is 3.36. The first-order valence-electron chi connectivity index (χ1n) is 4.67. The Labute approximate surface area is 94.6 Å². The molecule has 0 N–H and O–H groups in total. The summed E-state index contributed by atoms with van der Waals surface area (Å²) in [5.41, 5.74) is 1.36. The van der Waals surface area contributed by atoms with Gasteiger partial charge in [-0.3, -0.25) is 4.79 Å². The van der Waals surface area contributed by atoms with E-state index in [0.717, 1.165) is 19.5 Å². The van der Waals surface area contributed by atoms with Gasteiger partial charge in [0.15, 0.2) is 5.43 Å². The van der Waals surface area contributed by atoms with Crippen molar-refractivity contribution < 1.29 is 0 Å². The summed E-state index contributed by atoms with van der Waals surface area (Å²) in [4.78, 5) is 12.1. The summed E-state index contributed by atoms with van der Waals surface area (Å²) in [7, 11) is 0. The average Bonchev–Trinajstić information content (AvgIpc) is 2.68. The zero-order valence-electron chi connectivity index (χ0n) is 8.11. The topological polar surface area (TPSA) is 17.1 Å². The van der Waals surface area contributed by atoms with Crippen LogP contribution in [0.4, 0.5) is 0 Å². The molecular formula is C12H8OS2. The first-order chi connectivity index (χ1) is 7.27. The van der Waals surface area contributed by atoms with E-state index in [9.17, 15) is 4.79 Å². The van der Waals surface area contributed by atoms with Gasteiger partial charge in [0.2, 0.25) is 0 Å². The highest BCUT2D eigenvalue weighted by atomic mass is 32.2. The van der Waals surface area contributed by atoms with Crippen molar-refractivity contribution in [1.29, 1.82) is 0 Å². The largest absolute Gasteiger partial charge is 0.288 e. The molecule has 0 amide bonds. The second-order valence-electron chi connectivity index (χ2n) is 3.50. The second kappa shape index (κ2) is 3.15. The fraction of sp³-hybridized carbons (Fsp3) is 0.0833. The predicted octanol–water partition coefficient (Wildman–Crippen LogP) is 3.78. The lowest BCUT2D eigenvalue weighted by Gasteiger charge is -1.99. The summed E-state index contributed by atoms with van der Waals surface area (Å²) in [6, 6.07) is 7.83. The molecule has 0 unspecified atom stereocenters. The van der Waals surface area contributed by atoms with E-state index in [1.54, 1.807) is 22.7 Å². The Hall–Kier alpha value is -1.19. The Morgan fingerprint density at radius 3 is 2.87 bits per heavy atom. The average molecular weight is 232 g/mol. The van der Waals surface area contributed by atoms with Crippen molar-refractivity contribution in [3.63, 3.8) is 0 Å². The van der Waals surface area contributed by atoms with Crippen molar-refractivity contribution in [2.24, 2.45) is 0 Å². The predicted molar refractivity (Wildman–Crippen MR) is 68.2 cm³/mol. The van der Waals surface area contributed by atoms with Crippen molar-refractivity contribution >= 4 is 42.2 Å². The van der Waals surface area contributed by atoms with Gasteiger partial charge >= 0.3 is 0 Å². The van der Waals surface area contributed by atoms with E-state index in [2.05, 4.69) is 13.0 Å². The summed E-state index contributed by atoms with van der Waals surface area (Å²) in [6.45, 7) is 2.05. The molecule has 1 aromatic carbocycles. The molecule has 0 aliphatic carbocycles. The molecule has 2 heterocycles. The van der Waals surface area contributed by atoms with Gasteiger partial charge in [-0.15, -0.1) is 22.7 Å². The third-order valence-electron chi connectivity index (χ3n) is 2.53. The summed E-state index contributed by atoms with van der Waals surface area (Å²) < 4.78 is 2.25. The van der Waals surface area contributed by atoms with Gasteiger partial charge in [-0.1, -0.05) is 12.1 Å². The molecule has 3 heteroatoms. The number of hydrogen-bond acceptors (Lipinski definition) is 3. The number of rotatable bonds is 0. The van der Waals surface area contributed by atoms with E-state index < -0.39 is 0 Å². The van der Waals surface area contributed by atoms with Crippen LogP contribution in [0.2, 0.25) is 0 Å². The van der Waals surface area contributed by atoms with Gasteiger partial charge < -0.3 is 0 Å². The third-order valence-corrected chi connectivity index (χ3v) is 4.92.